The number of benzene rings is 1. The largest absolute Gasteiger partial charge is 0.462 e. The fraction of sp³-hybridized carbons (Fsp3) is 0.640. The smallest absolute Gasteiger partial charge is 0.408 e. The normalized spacial score (nSPS) is 19.0. The summed E-state index contributed by atoms with van der Waals surface area (Å²) in [6.07, 6.45) is 0.813. The van der Waals surface area contributed by atoms with Gasteiger partial charge in [-0.1, -0.05) is 44.2 Å². The number of carbonyl (C=O) groups excluding carboxylic acids is 3. The molecule has 0 radical (unpaired) electrons. The molecule has 34 heavy (non-hydrogen) atoms. The van der Waals surface area contributed by atoms with Gasteiger partial charge in [0.05, 0.1) is 12.1 Å². The van der Waals surface area contributed by atoms with Crippen molar-refractivity contribution in [1.29, 1.82) is 0 Å². The van der Waals surface area contributed by atoms with Gasteiger partial charge in [0.15, 0.2) is 0 Å². The van der Waals surface area contributed by atoms with E-state index in [4.69, 9.17) is 4.74 Å². The van der Waals surface area contributed by atoms with Gasteiger partial charge in [0.2, 0.25) is 5.91 Å². The van der Waals surface area contributed by atoms with Crippen LogP contribution in [0.25, 0.3) is 0 Å². The number of ether oxygens (including phenoxy) is 2. The van der Waals surface area contributed by atoms with E-state index in [1.807, 2.05) is 65.0 Å². The molecule has 0 aromatic heterocycles. The maximum absolute atomic E-state index is 12.7. The highest BCUT2D eigenvalue weighted by Gasteiger charge is 2.28. The lowest BCUT2D eigenvalue weighted by Gasteiger charge is -2.26. The zero-order chi connectivity index (χ0) is 25.6. The summed E-state index contributed by atoms with van der Waals surface area (Å²) in [5.74, 6) is -0.0674. The minimum absolute atomic E-state index is 0.149. The quantitative estimate of drug-likeness (QED) is 0.422. The summed E-state index contributed by atoms with van der Waals surface area (Å²) in [7, 11) is 0. The Balaban J connectivity index is 0.000000718. The molecule has 4 N–H and O–H groups in total. The number of carbonyl (C=O) groups is 3. The van der Waals surface area contributed by atoms with Gasteiger partial charge in [-0.2, -0.15) is 0 Å². The van der Waals surface area contributed by atoms with Crippen LogP contribution in [0.2, 0.25) is 0 Å². The van der Waals surface area contributed by atoms with Gasteiger partial charge in [-0.3, -0.25) is 9.59 Å². The molecule has 0 bridgehead atoms. The van der Waals surface area contributed by atoms with Gasteiger partial charge in [-0.25, -0.2) is 4.79 Å². The number of β-amino-alcohol motifs (C(OH)–C–C–N with tert-alkyl or cyclic N) is 1. The maximum atomic E-state index is 12.7. The summed E-state index contributed by atoms with van der Waals surface area (Å²) in [4.78, 5) is 34.5. The van der Waals surface area contributed by atoms with Crippen molar-refractivity contribution in [2.45, 2.75) is 84.3 Å². The summed E-state index contributed by atoms with van der Waals surface area (Å²) in [6.45, 7) is 11.3. The van der Waals surface area contributed by atoms with Gasteiger partial charge in [0.1, 0.15) is 18.2 Å². The average molecular weight is 480 g/mol. The molecule has 1 aliphatic heterocycles. The summed E-state index contributed by atoms with van der Waals surface area (Å²) in [5, 5.41) is 18.9. The Labute approximate surface area is 203 Å². The second-order valence-electron chi connectivity index (χ2n) is 9.74. The molecule has 1 saturated heterocycles. The van der Waals surface area contributed by atoms with Crippen molar-refractivity contribution in [2.75, 3.05) is 13.1 Å². The first-order valence-electron chi connectivity index (χ1n) is 11.8. The van der Waals surface area contributed by atoms with E-state index in [0.717, 1.165) is 18.5 Å². The number of hydrogen-bond acceptors (Lipinski definition) is 7. The topological polar surface area (TPSA) is 126 Å². The highest BCUT2D eigenvalue weighted by molar-refractivity contribution is 5.85. The van der Waals surface area contributed by atoms with Crippen LogP contribution in [-0.4, -0.2) is 60.5 Å². The van der Waals surface area contributed by atoms with Crippen molar-refractivity contribution in [3.8, 4) is 0 Å². The molecule has 0 saturated carbocycles. The molecule has 1 aliphatic rings. The summed E-state index contributed by atoms with van der Waals surface area (Å²) < 4.78 is 9.78. The Morgan fingerprint density at radius 3 is 2.47 bits per heavy atom. The van der Waals surface area contributed by atoms with Crippen LogP contribution in [-0.2, 0) is 25.7 Å². The van der Waals surface area contributed by atoms with Crippen molar-refractivity contribution in [1.82, 2.24) is 16.0 Å². The molecule has 1 aromatic rings. The first-order valence-corrected chi connectivity index (χ1v) is 11.8. The molecule has 1 fully saturated rings. The van der Waals surface area contributed by atoms with Crippen LogP contribution < -0.4 is 16.0 Å². The third-order valence-corrected chi connectivity index (χ3v) is 4.94. The number of rotatable bonds is 8. The van der Waals surface area contributed by atoms with E-state index in [1.165, 1.54) is 0 Å². The number of nitrogens with one attached hydrogen (secondary N) is 3. The lowest BCUT2D eigenvalue weighted by molar-refractivity contribution is -0.138. The van der Waals surface area contributed by atoms with Crippen LogP contribution in [0, 0.1) is 5.92 Å². The van der Waals surface area contributed by atoms with Crippen molar-refractivity contribution in [3.63, 3.8) is 0 Å². The Kier molecular flexibility index (Phi) is 13.2. The number of aliphatic hydroxyl groups excluding tert-OH is 1. The standard InChI is InChI=1S/C20H31N3O4.C5H10O2/c1-14(2)11-17(19(25)22-16-9-6-10-21-12-18(16)24)23-20(26)27-13-15-7-4-3-5-8-15;1-5(2,3)7-4-6/h3-5,7-8,14,16-18,21,24H,6,9-13H2,1-2H3,(H,22,25)(H,23,26);4H,1-3H3. The van der Waals surface area contributed by atoms with Gasteiger partial charge in [-0.15, -0.1) is 0 Å². The molecule has 1 aromatic carbocycles. The summed E-state index contributed by atoms with van der Waals surface area (Å²) in [5.41, 5.74) is 0.563. The molecule has 3 atom stereocenters. The average Bonchev–Trinajstić information content (AvgIpc) is 2.96. The van der Waals surface area contributed by atoms with E-state index < -0.39 is 18.2 Å². The van der Waals surface area contributed by atoms with Gasteiger partial charge in [-0.05, 0) is 58.1 Å². The number of alkyl carbamates (subject to hydrolysis) is 1. The van der Waals surface area contributed by atoms with E-state index >= 15 is 0 Å². The third-order valence-electron chi connectivity index (χ3n) is 4.94. The van der Waals surface area contributed by atoms with Crippen LogP contribution in [0.5, 0.6) is 0 Å². The Morgan fingerprint density at radius 1 is 1.24 bits per heavy atom. The molecule has 0 aliphatic carbocycles. The molecule has 9 nitrogen and oxygen atoms in total. The van der Waals surface area contributed by atoms with E-state index in [1.54, 1.807) is 0 Å². The third kappa shape index (κ3) is 13.2. The number of hydrogen-bond donors (Lipinski definition) is 4. The number of amides is 2. The molecule has 2 rings (SSSR count). The van der Waals surface area contributed by atoms with Crippen LogP contribution in [0.1, 0.15) is 59.4 Å². The van der Waals surface area contributed by atoms with Crippen LogP contribution in [0.4, 0.5) is 4.79 Å². The van der Waals surface area contributed by atoms with Gasteiger partial charge in [0.25, 0.3) is 6.47 Å². The van der Waals surface area contributed by atoms with Crippen molar-refractivity contribution in [2.24, 2.45) is 5.92 Å². The summed E-state index contributed by atoms with van der Waals surface area (Å²) in [6, 6.07) is 8.36. The minimum Gasteiger partial charge on any atom is -0.462 e. The van der Waals surface area contributed by atoms with Crippen molar-refractivity contribution in [3.05, 3.63) is 35.9 Å². The van der Waals surface area contributed by atoms with Crippen LogP contribution >= 0.6 is 0 Å². The minimum atomic E-state index is -0.698. The zero-order valence-electron chi connectivity index (χ0n) is 21.0. The van der Waals surface area contributed by atoms with E-state index in [2.05, 4.69) is 20.7 Å². The monoisotopic (exact) mass is 479 g/mol. The number of aliphatic hydroxyl groups is 1. The first-order chi connectivity index (χ1) is 16.0. The highest BCUT2D eigenvalue weighted by atomic mass is 16.5. The molecule has 1 heterocycles. The predicted octanol–water partition coefficient (Wildman–Crippen LogP) is 2.51. The fourth-order valence-electron chi connectivity index (χ4n) is 3.24. The molecule has 3 unspecified atom stereocenters. The second-order valence-corrected chi connectivity index (χ2v) is 9.74. The summed E-state index contributed by atoms with van der Waals surface area (Å²) >= 11 is 0. The Hall–Kier alpha value is -2.65. The van der Waals surface area contributed by atoms with E-state index in [0.29, 0.717) is 25.9 Å². The SMILES string of the molecule is CC(C)(C)OC=O.CC(C)CC(NC(=O)OCc1ccccc1)C(=O)NC1CCCNCC1O. The van der Waals surface area contributed by atoms with Crippen LogP contribution in [0.15, 0.2) is 30.3 Å². The van der Waals surface area contributed by atoms with Crippen LogP contribution in [0.3, 0.4) is 0 Å². The highest BCUT2D eigenvalue weighted by Crippen LogP contribution is 2.10. The Morgan fingerprint density at radius 2 is 1.91 bits per heavy atom. The molecular weight excluding hydrogens is 438 g/mol. The maximum Gasteiger partial charge on any atom is 0.408 e. The lowest BCUT2D eigenvalue weighted by atomic mass is 10.0. The van der Waals surface area contributed by atoms with Gasteiger partial charge >= 0.3 is 6.09 Å². The van der Waals surface area contributed by atoms with E-state index in [9.17, 15) is 19.5 Å². The van der Waals surface area contributed by atoms with Crippen molar-refractivity contribution >= 4 is 18.5 Å². The first kappa shape index (κ1) is 29.4. The van der Waals surface area contributed by atoms with Gasteiger partial charge < -0.3 is 30.5 Å². The zero-order valence-corrected chi connectivity index (χ0v) is 21.0. The molecule has 0 spiro atoms. The second kappa shape index (κ2) is 15.3. The molecule has 192 valence electrons. The van der Waals surface area contributed by atoms with Crippen molar-refractivity contribution < 1.29 is 29.0 Å². The molecule has 9 heteroatoms. The van der Waals surface area contributed by atoms with E-state index in [-0.39, 0.29) is 30.1 Å². The lowest BCUT2D eigenvalue weighted by Crippen LogP contribution is -2.53. The fourth-order valence-corrected chi connectivity index (χ4v) is 3.24. The molecule has 2 amide bonds. The Bertz CT molecular complexity index is 736. The van der Waals surface area contributed by atoms with Gasteiger partial charge in [0, 0.05) is 6.54 Å². The predicted molar refractivity (Wildman–Crippen MR) is 130 cm³/mol. The molecular formula is C25H41N3O6.